The van der Waals surface area contributed by atoms with Gasteiger partial charge in [-0.25, -0.2) is 23.1 Å². The van der Waals surface area contributed by atoms with E-state index in [1.54, 1.807) is 0 Å². The quantitative estimate of drug-likeness (QED) is 0.906. The van der Waals surface area contributed by atoms with Crippen molar-refractivity contribution in [2.24, 2.45) is 0 Å². The Labute approximate surface area is 112 Å². The van der Waals surface area contributed by atoms with Gasteiger partial charge in [0.15, 0.2) is 11.6 Å². The number of hydrogen-bond acceptors (Lipinski definition) is 4. The molecule has 0 bridgehead atoms. The van der Waals surface area contributed by atoms with Gasteiger partial charge >= 0.3 is 0 Å². The highest BCUT2D eigenvalue weighted by molar-refractivity contribution is 5.60. The fourth-order valence-corrected chi connectivity index (χ4v) is 1.86. The van der Waals surface area contributed by atoms with Gasteiger partial charge in [-0.1, -0.05) is 0 Å². The third-order valence-electron chi connectivity index (χ3n) is 2.97. The van der Waals surface area contributed by atoms with E-state index in [4.69, 9.17) is 5.73 Å². The lowest BCUT2D eigenvalue weighted by atomic mass is 10.2. The van der Waals surface area contributed by atoms with E-state index in [1.165, 1.54) is 6.07 Å². The Balaban J connectivity index is 1.95. The molecule has 0 aliphatic heterocycles. The molecule has 0 spiro atoms. The van der Waals surface area contributed by atoms with Crippen molar-refractivity contribution in [1.29, 1.82) is 0 Å². The molecule has 0 unspecified atom stereocenters. The maximum Gasteiger partial charge on any atom is 0.152 e. The van der Waals surface area contributed by atoms with Crippen molar-refractivity contribution in [3.05, 3.63) is 41.5 Å². The largest absolute Gasteiger partial charge is 0.384 e. The van der Waals surface area contributed by atoms with Gasteiger partial charge in [-0.2, -0.15) is 0 Å². The number of nitrogen functional groups attached to an aromatic ring is 1. The Bertz CT molecular complexity index is 648. The molecule has 0 atom stereocenters. The summed E-state index contributed by atoms with van der Waals surface area (Å²) in [5.41, 5.74) is 5.17. The molecule has 1 aromatic heterocycles. The molecule has 3 rings (SSSR count). The lowest BCUT2D eigenvalue weighted by molar-refractivity contribution is 0.548. The van der Waals surface area contributed by atoms with Crippen LogP contribution < -0.4 is 11.1 Å². The average Bonchev–Trinajstić information content (AvgIpc) is 3.17. The number of benzene rings is 1. The molecule has 1 fully saturated rings. The molecule has 4 nitrogen and oxygen atoms in total. The smallest absolute Gasteiger partial charge is 0.152 e. The summed E-state index contributed by atoms with van der Waals surface area (Å²) >= 11 is 0. The summed E-state index contributed by atoms with van der Waals surface area (Å²) in [6, 6.07) is 2.56. The molecule has 2 aromatic rings. The Kier molecular flexibility index (Phi) is 2.96. The van der Waals surface area contributed by atoms with Crippen LogP contribution >= 0.6 is 0 Å². The van der Waals surface area contributed by atoms with E-state index < -0.39 is 23.1 Å². The second-order valence-electron chi connectivity index (χ2n) is 4.68. The van der Waals surface area contributed by atoms with Gasteiger partial charge in [-0.15, -0.1) is 0 Å². The van der Waals surface area contributed by atoms with Crippen LogP contribution in [0.1, 0.15) is 24.6 Å². The number of anilines is 3. The predicted molar refractivity (Wildman–Crippen MR) is 68.0 cm³/mol. The Hall–Kier alpha value is -2.31. The Morgan fingerprint density at radius 2 is 1.70 bits per heavy atom. The first-order valence-electron chi connectivity index (χ1n) is 6.09. The second-order valence-corrected chi connectivity index (χ2v) is 4.68. The maximum atomic E-state index is 13.6. The van der Waals surface area contributed by atoms with Crippen molar-refractivity contribution in [2.75, 3.05) is 11.1 Å². The average molecular weight is 280 g/mol. The molecule has 1 heterocycles. The summed E-state index contributed by atoms with van der Waals surface area (Å²) in [4.78, 5) is 8.24. The SMILES string of the molecule is Nc1cc(Nc2c(F)cc(F)cc2F)nc(C2CC2)n1. The zero-order valence-electron chi connectivity index (χ0n) is 10.3. The first kappa shape index (κ1) is 12.7. The molecular formula is C13H11F3N4. The highest BCUT2D eigenvalue weighted by atomic mass is 19.1. The van der Waals surface area contributed by atoms with Crippen LogP contribution in [0.3, 0.4) is 0 Å². The van der Waals surface area contributed by atoms with E-state index in [2.05, 4.69) is 15.3 Å². The van der Waals surface area contributed by atoms with Gasteiger partial charge in [0.2, 0.25) is 0 Å². The van der Waals surface area contributed by atoms with Crippen molar-refractivity contribution >= 4 is 17.3 Å². The molecule has 104 valence electrons. The van der Waals surface area contributed by atoms with Crippen molar-refractivity contribution in [3.63, 3.8) is 0 Å². The summed E-state index contributed by atoms with van der Waals surface area (Å²) in [6.07, 6.45) is 1.95. The van der Waals surface area contributed by atoms with E-state index in [0.29, 0.717) is 18.0 Å². The molecule has 0 radical (unpaired) electrons. The zero-order valence-corrected chi connectivity index (χ0v) is 10.3. The minimum atomic E-state index is -1.03. The summed E-state index contributed by atoms with van der Waals surface area (Å²) < 4.78 is 39.9. The third-order valence-corrected chi connectivity index (χ3v) is 2.97. The minimum absolute atomic E-state index is 0.184. The summed E-state index contributed by atoms with van der Waals surface area (Å²) in [7, 11) is 0. The second kappa shape index (κ2) is 4.66. The standard InChI is InChI=1S/C13H11F3N4/c14-7-3-8(15)12(9(16)4-7)19-11-5-10(17)18-13(20-11)6-1-2-6/h3-6H,1-2H2,(H3,17,18,19,20). The van der Waals surface area contributed by atoms with Crippen LogP contribution in [0.2, 0.25) is 0 Å². The van der Waals surface area contributed by atoms with Gasteiger partial charge in [0.1, 0.15) is 29.0 Å². The first-order chi connectivity index (χ1) is 9.52. The number of rotatable bonds is 3. The highest BCUT2D eigenvalue weighted by Crippen LogP contribution is 2.39. The minimum Gasteiger partial charge on any atom is -0.384 e. The number of aromatic nitrogens is 2. The van der Waals surface area contributed by atoms with Crippen molar-refractivity contribution in [1.82, 2.24) is 9.97 Å². The number of halogens is 3. The number of hydrogen-bond donors (Lipinski definition) is 2. The van der Waals surface area contributed by atoms with E-state index in [-0.39, 0.29) is 17.6 Å². The molecular weight excluding hydrogens is 269 g/mol. The van der Waals surface area contributed by atoms with Crippen LogP contribution in [0.25, 0.3) is 0 Å². The monoisotopic (exact) mass is 280 g/mol. The molecule has 1 saturated carbocycles. The summed E-state index contributed by atoms with van der Waals surface area (Å²) in [5, 5.41) is 2.48. The van der Waals surface area contributed by atoms with Gasteiger partial charge in [-0.05, 0) is 12.8 Å². The van der Waals surface area contributed by atoms with Crippen LogP contribution in [0.15, 0.2) is 18.2 Å². The lowest BCUT2D eigenvalue weighted by Gasteiger charge is -2.10. The molecule has 3 N–H and O–H groups in total. The first-order valence-corrected chi connectivity index (χ1v) is 6.09. The lowest BCUT2D eigenvalue weighted by Crippen LogP contribution is -2.05. The topological polar surface area (TPSA) is 63.8 Å². The van der Waals surface area contributed by atoms with Crippen LogP contribution in [0.5, 0.6) is 0 Å². The molecule has 20 heavy (non-hydrogen) atoms. The number of nitrogens with two attached hydrogens (primary N) is 1. The molecule has 1 aromatic carbocycles. The molecule has 1 aliphatic rings. The Morgan fingerprint density at radius 3 is 2.30 bits per heavy atom. The molecule has 1 aliphatic carbocycles. The highest BCUT2D eigenvalue weighted by Gasteiger charge is 2.27. The van der Waals surface area contributed by atoms with Gasteiger partial charge < -0.3 is 11.1 Å². The fraction of sp³-hybridized carbons (Fsp3) is 0.231. The number of nitrogens with one attached hydrogen (secondary N) is 1. The zero-order chi connectivity index (χ0) is 14.3. The molecule has 7 heteroatoms. The predicted octanol–water partition coefficient (Wildman–Crippen LogP) is 3.10. The van der Waals surface area contributed by atoms with Gasteiger partial charge in [0.05, 0.1) is 0 Å². The van der Waals surface area contributed by atoms with Crippen molar-refractivity contribution < 1.29 is 13.2 Å². The molecule has 0 amide bonds. The van der Waals surface area contributed by atoms with Crippen LogP contribution in [0, 0.1) is 17.5 Å². The van der Waals surface area contributed by atoms with Crippen LogP contribution in [-0.2, 0) is 0 Å². The van der Waals surface area contributed by atoms with Crippen molar-refractivity contribution in [3.8, 4) is 0 Å². The van der Waals surface area contributed by atoms with Gasteiger partial charge in [-0.3, -0.25) is 0 Å². The third kappa shape index (κ3) is 2.52. The van der Waals surface area contributed by atoms with E-state index >= 15 is 0 Å². The summed E-state index contributed by atoms with van der Waals surface area (Å²) in [6.45, 7) is 0. The fourth-order valence-electron chi connectivity index (χ4n) is 1.86. The number of nitrogens with zero attached hydrogens (tertiary/aromatic N) is 2. The van der Waals surface area contributed by atoms with Gasteiger partial charge in [0, 0.05) is 24.1 Å². The normalized spacial score (nSPS) is 14.3. The Morgan fingerprint density at radius 1 is 1.05 bits per heavy atom. The maximum absolute atomic E-state index is 13.6. The van der Waals surface area contributed by atoms with Crippen LogP contribution in [-0.4, -0.2) is 9.97 Å². The summed E-state index contributed by atoms with van der Waals surface area (Å²) in [5.74, 6) is -1.85. The van der Waals surface area contributed by atoms with Crippen molar-refractivity contribution in [2.45, 2.75) is 18.8 Å². The van der Waals surface area contributed by atoms with E-state index in [0.717, 1.165) is 12.8 Å². The van der Waals surface area contributed by atoms with Crippen LogP contribution in [0.4, 0.5) is 30.5 Å². The molecule has 0 saturated heterocycles. The van der Waals surface area contributed by atoms with Gasteiger partial charge in [0.25, 0.3) is 0 Å². The van der Waals surface area contributed by atoms with E-state index in [9.17, 15) is 13.2 Å². The van der Waals surface area contributed by atoms with E-state index in [1.807, 2.05) is 0 Å².